The maximum Gasteiger partial charge on any atom is 0.328 e. The van der Waals surface area contributed by atoms with Crippen molar-refractivity contribution in [2.24, 2.45) is 14.1 Å². The molecule has 0 spiro atoms. The minimum atomic E-state index is -3.78. The number of sulfonamides is 1. The average molecular weight is 332 g/mol. The number of nitrogens with one attached hydrogen (secondary N) is 1. The van der Waals surface area contributed by atoms with Crippen LogP contribution in [0.5, 0.6) is 0 Å². The van der Waals surface area contributed by atoms with E-state index in [1.165, 1.54) is 27.5 Å². The van der Waals surface area contributed by atoms with Crippen LogP contribution in [0.3, 0.4) is 0 Å². The van der Waals surface area contributed by atoms with Crippen LogP contribution in [0.4, 0.5) is 5.82 Å². The molecule has 0 unspecified atom stereocenters. The van der Waals surface area contributed by atoms with Gasteiger partial charge in [-0.2, -0.15) is 0 Å². The number of pyridine rings is 1. The van der Waals surface area contributed by atoms with E-state index >= 15 is 0 Å². The Morgan fingerprint density at radius 2 is 1.78 bits per heavy atom. The maximum atomic E-state index is 12.6. The fourth-order valence-electron chi connectivity index (χ4n) is 2.43. The molecule has 0 bridgehead atoms. The van der Waals surface area contributed by atoms with Crippen LogP contribution in [0, 0.1) is 6.92 Å². The molecule has 0 aliphatic carbocycles. The normalized spacial score (nSPS) is 11.8. The summed E-state index contributed by atoms with van der Waals surface area (Å²) in [7, 11) is -0.529. The van der Waals surface area contributed by atoms with E-state index in [4.69, 9.17) is 0 Å². The number of benzene rings is 1. The third-order valence-electron chi connectivity index (χ3n) is 3.79. The van der Waals surface area contributed by atoms with E-state index in [1.807, 2.05) is 0 Å². The first kappa shape index (κ1) is 15.3. The highest BCUT2D eigenvalue weighted by atomic mass is 32.2. The van der Waals surface area contributed by atoms with Gasteiger partial charge in [0.15, 0.2) is 0 Å². The van der Waals surface area contributed by atoms with Gasteiger partial charge >= 0.3 is 5.69 Å². The Hall–Kier alpha value is -2.61. The first-order chi connectivity index (χ1) is 10.8. The fourth-order valence-corrected chi connectivity index (χ4v) is 3.53. The molecule has 0 fully saturated rings. The van der Waals surface area contributed by atoms with Crippen LogP contribution < -0.4 is 10.4 Å². The number of aryl methyl sites for hydroxylation is 3. The number of anilines is 1. The summed E-state index contributed by atoms with van der Waals surface area (Å²) in [6.45, 7) is 1.77. The van der Waals surface area contributed by atoms with E-state index in [2.05, 4.69) is 9.71 Å². The van der Waals surface area contributed by atoms with E-state index in [9.17, 15) is 13.2 Å². The second-order valence-electron chi connectivity index (χ2n) is 5.33. The zero-order valence-electron chi connectivity index (χ0n) is 12.9. The summed E-state index contributed by atoms with van der Waals surface area (Å²) in [6.07, 6.45) is 1.52. The second-order valence-corrected chi connectivity index (χ2v) is 7.01. The van der Waals surface area contributed by atoms with Crippen LogP contribution >= 0.6 is 0 Å². The molecular formula is C15H16N4O3S. The fraction of sp³-hybridized carbons (Fsp3) is 0.200. The summed E-state index contributed by atoms with van der Waals surface area (Å²) in [5, 5.41) is 0. The number of hydrogen-bond donors (Lipinski definition) is 1. The Morgan fingerprint density at radius 1 is 1.09 bits per heavy atom. The van der Waals surface area contributed by atoms with Gasteiger partial charge in [-0.3, -0.25) is 13.9 Å². The van der Waals surface area contributed by atoms with Gasteiger partial charge in [0, 0.05) is 20.3 Å². The highest BCUT2D eigenvalue weighted by molar-refractivity contribution is 7.92. The van der Waals surface area contributed by atoms with Crippen molar-refractivity contribution in [2.75, 3.05) is 4.72 Å². The molecule has 0 amide bonds. The number of rotatable bonds is 3. The Kier molecular flexibility index (Phi) is 3.48. The minimum Gasteiger partial charge on any atom is -0.295 e. The van der Waals surface area contributed by atoms with Gasteiger partial charge in [-0.1, -0.05) is 6.07 Å². The van der Waals surface area contributed by atoms with Crippen LogP contribution in [0.2, 0.25) is 0 Å². The topological polar surface area (TPSA) is 86.0 Å². The van der Waals surface area contributed by atoms with Gasteiger partial charge in [-0.25, -0.2) is 18.2 Å². The van der Waals surface area contributed by atoms with Crippen molar-refractivity contribution < 1.29 is 8.42 Å². The van der Waals surface area contributed by atoms with Gasteiger partial charge in [0.05, 0.1) is 15.9 Å². The third-order valence-corrected chi connectivity index (χ3v) is 5.13. The summed E-state index contributed by atoms with van der Waals surface area (Å²) in [6, 6.07) is 8.09. The monoisotopic (exact) mass is 332 g/mol. The lowest BCUT2D eigenvalue weighted by Gasteiger charge is -2.09. The first-order valence-electron chi connectivity index (χ1n) is 6.91. The standard InChI is InChI=1S/C15H16N4O3S/c1-10-5-4-8-16-14(10)17-23(21,22)11-6-7-12-13(9-11)19(3)15(20)18(12)2/h4-9H,1-3H3,(H,16,17). The lowest BCUT2D eigenvalue weighted by molar-refractivity contribution is 0.601. The second kappa shape index (κ2) is 5.24. The molecule has 2 aromatic heterocycles. The number of hydrogen-bond acceptors (Lipinski definition) is 4. The van der Waals surface area contributed by atoms with Crippen molar-refractivity contribution in [3.05, 3.63) is 52.6 Å². The van der Waals surface area contributed by atoms with Gasteiger partial charge in [0.1, 0.15) is 5.82 Å². The maximum absolute atomic E-state index is 12.6. The van der Waals surface area contributed by atoms with Crippen molar-refractivity contribution in [1.29, 1.82) is 0 Å². The zero-order valence-corrected chi connectivity index (χ0v) is 13.8. The van der Waals surface area contributed by atoms with Gasteiger partial charge < -0.3 is 0 Å². The van der Waals surface area contributed by atoms with E-state index in [0.29, 0.717) is 11.0 Å². The van der Waals surface area contributed by atoms with Gasteiger partial charge in [0.25, 0.3) is 10.0 Å². The number of imidazole rings is 1. The van der Waals surface area contributed by atoms with Crippen LogP contribution in [0.25, 0.3) is 11.0 Å². The lowest BCUT2D eigenvalue weighted by Crippen LogP contribution is -2.19. The molecule has 8 heteroatoms. The Labute approximate surface area is 133 Å². The predicted molar refractivity (Wildman–Crippen MR) is 87.9 cm³/mol. The molecule has 7 nitrogen and oxygen atoms in total. The van der Waals surface area contributed by atoms with Crippen LogP contribution in [-0.2, 0) is 24.1 Å². The molecule has 0 saturated heterocycles. The molecular weight excluding hydrogens is 316 g/mol. The lowest BCUT2D eigenvalue weighted by atomic mass is 10.3. The van der Waals surface area contributed by atoms with Crippen molar-refractivity contribution in [3.8, 4) is 0 Å². The Balaban J connectivity index is 2.10. The first-order valence-corrected chi connectivity index (χ1v) is 8.39. The van der Waals surface area contributed by atoms with Crippen molar-refractivity contribution >= 4 is 26.9 Å². The van der Waals surface area contributed by atoms with Gasteiger partial charge in [-0.15, -0.1) is 0 Å². The average Bonchev–Trinajstić information content (AvgIpc) is 2.74. The quantitative estimate of drug-likeness (QED) is 0.785. The van der Waals surface area contributed by atoms with Crippen molar-refractivity contribution in [2.45, 2.75) is 11.8 Å². The zero-order chi connectivity index (χ0) is 16.8. The largest absolute Gasteiger partial charge is 0.328 e. The van der Waals surface area contributed by atoms with E-state index in [1.54, 1.807) is 39.2 Å². The number of fused-ring (bicyclic) bond motifs is 1. The summed E-state index contributed by atoms with van der Waals surface area (Å²) in [5.74, 6) is 0.287. The van der Waals surface area contributed by atoms with Gasteiger partial charge in [0.2, 0.25) is 0 Å². The molecule has 2 heterocycles. The Morgan fingerprint density at radius 3 is 2.48 bits per heavy atom. The minimum absolute atomic E-state index is 0.0799. The molecule has 0 aliphatic heterocycles. The molecule has 23 heavy (non-hydrogen) atoms. The van der Waals surface area contributed by atoms with E-state index < -0.39 is 10.0 Å². The molecule has 1 N–H and O–H groups in total. The predicted octanol–water partition coefficient (Wildman–Crippen LogP) is 1.38. The molecule has 0 aliphatic rings. The molecule has 1 aromatic carbocycles. The molecule has 0 atom stereocenters. The van der Waals surface area contributed by atoms with Crippen LogP contribution in [0.15, 0.2) is 46.2 Å². The van der Waals surface area contributed by atoms with E-state index in [0.717, 1.165) is 5.56 Å². The molecule has 120 valence electrons. The summed E-state index contributed by atoms with van der Waals surface area (Å²) >= 11 is 0. The van der Waals surface area contributed by atoms with E-state index in [-0.39, 0.29) is 16.4 Å². The SMILES string of the molecule is Cc1cccnc1NS(=O)(=O)c1ccc2c(c1)n(C)c(=O)n2C. The summed E-state index contributed by atoms with van der Waals surface area (Å²) < 4.78 is 30.5. The summed E-state index contributed by atoms with van der Waals surface area (Å²) in [5.41, 5.74) is 1.75. The third kappa shape index (κ3) is 2.50. The Bertz CT molecular complexity index is 1060. The highest BCUT2D eigenvalue weighted by Crippen LogP contribution is 2.21. The van der Waals surface area contributed by atoms with Crippen LogP contribution in [0.1, 0.15) is 5.56 Å². The number of aromatic nitrogens is 3. The molecule has 3 rings (SSSR count). The van der Waals surface area contributed by atoms with Gasteiger partial charge in [-0.05, 0) is 36.8 Å². The molecule has 0 saturated carbocycles. The van der Waals surface area contributed by atoms with Crippen molar-refractivity contribution in [3.63, 3.8) is 0 Å². The number of nitrogens with zero attached hydrogens (tertiary/aromatic N) is 3. The molecule has 3 aromatic rings. The molecule has 0 radical (unpaired) electrons. The smallest absolute Gasteiger partial charge is 0.295 e. The van der Waals surface area contributed by atoms with Crippen LogP contribution in [-0.4, -0.2) is 22.5 Å². The summed E-state index contributed by atoms with van der Waals surface area (Å²) in [4.78, 5) is 16.1. The highest BCUT2D eigenvalue weighted by Gasteiger charge is 2.18. The van der Waals surface area contributed by atoms with Crippen molar-refractivity contribution in [1.82, 2.24) is 14.1 Å².